The molecule has 1 atom stereocenters. The molecule has 19 heavy (non-hydrogen) atoms. The molecule has 1 unspecified atom stereocenters. The molecule has 0 aliphatic heterocycles. The van der Waals surface area contributed by atoms with E-state index in [4.69, 9.17) is 0 Å². The van der Waals surface area contributed by atoms with Crippen molar-refractivity contribution in [3.8, 4) is 0 Å². The fraction of sp³-hybridized carbons (Fsp3) is 0.143. The molecule has 0 radical (unpaired) electrons. The lowest BCUT2D eigenvalue weighted by Crippen LogP contribution is -1.89. The smallest absolute Gasteiger partial charge is 0.101 e. The number of nitrogens with one attached hydrogen (secondary N) is 2. The van der Waals surface area contributed by atoms with Crippen molar-refractivity contribution in [1.29, 1.82) is 0 Å². The topological polar surface area (TPSA) is 36.4 Å². The molecular formula is C14H17N3P2. The highest BCUT2D eigenvalue weighted by Crippen LogP contribution is 2.21. The van der Waals surface area contributed by atoms with Gasteiger partial charge in [0.05, 0.1) is 14.6 Å². The zero-order valence-corrected chi connectivity index (χ0v) is 12.9. The van der Waals surface area contributed by atoms with E-state index in [0.29, 0.717) is 8.88 Å². The van der Waals surface area contributed by atoms with Crippen LogP contribution in [0.25, 0.3) is 0 Å². The first-order valence-electron chi connectivity index (χ1n) is 6.04. The molecule has 98 valence electrons. The molecule has 0 aliphatic carbocycles. The van der Waals surface area contributed by atoms with Gasteiger partial charge in [-0.05, 0) is 38.1 Å². The summed E-state index contributed by atoms with van der Waals surface area (Å²) < 4.78 is 4.42. The summed E-state index contributed by atoms with van der Waals surface area (Å²) >= 11 is 0. The summed E-state index contributed by atoms with van der Waals surface area (Å²) in [6.07, 6.45) is 0. The Morgan fingerprint density at radius 2 is 1.47 bits per heavy atom. The van der Waals surface area contributed by atoms with Gasteiger partial charge in [0.1, 0.15) is 8.52 Å². The molecule has 2 rings (SSSR count). The van der Waals surface area contributed by atoms with Crippen LogP contribution >= 0.6 is 17.4 Å². The molecule has 0 bridgehead atoms. The molecule has 0 saturated heterocycles. The molecule has 2 aromatic rings. The van der Waals surface area contributed by atoms with Crippen molar-refractivity contribution >= 4 is 28.8 Å². The van der Waals surface area contributed by atoms with Gasteiger partial charge in [-0.1, -0.05) is 35.4 Å². The minimum Gasteiger partial charge on any atom is -0.354 e. The molecule has 0 aliphatic rings. The first-order valence-corrected chi connectivity index (χ1v) is 7.89. The predicted octanol–water partition coefficient (Wildman–Crippen LogP) is 5.19. The minimum absolute atomic E-state index is 0.450. The lowest BCUT2D eigenvalue weighted by Gasteiger charge is -2.04. The van der Waals surface area contributed by atoms with Crippen LogP contribution in [0.1, 0.15) is 11.1 Å². The van der Waals surface area contributed by atoms with Crippen molar-refractivity contribution in [1.82, 2.24) is 4.86 Å². The Labute approximate surface area is 117 Å². The maximum atomic E-state index is 4.42. The molecule has 0 spiro atoms. The summed E-state index contributed by atoms with van der Waals surface area (Å²) in [5.74, 6) is 0. The average molecular weight is 289 g/mol. The molecule has 0 aromatic heterocycles. The van der Waals surface area contributed by atoms with Crippen LogP contribution in [0.5, 0.6) is 0 Å². The maximum Gasteiger partial charge on any atom is 0.101 e. The lowest BCUT2D eigenvalue weighted by atomic mass is 10.2. The van der Waals surface area contributed by atoms with Gasteiger partial charge in [0.25, 0.3) is 0 Å². The lowest BCUT2D eigenvalue weighted by molar-refractivity contribution is 1.44. The van der Waals surface area contributed by atoms with Crippen molar-refractivity contribution in [3.63, 3.8) is 0 Å². The Morgan fingerprint density at radius 3 is 2.11 bits per heavy atom. The van der Waals surface area contributed by atoms with E-state index in [2.05, 4.69) is 64.9 Å². The summed E-state index contributed by atoms with van der Waals surface area (Å²) in [5, 5.41) is 3.32. The SMILES string of the molecule is Cc1ccc(N=PNPNc2ccc(C)cc2)cc1. The van der Waals surface area contributed by atoms with Gasteiger partial charge in [-0.25, -0.2) is 9.60 Å². The van der Waals surface area contributed by atoms with Crippen LogP contribution in [-0.4, -0.2) is 0 Å². The number of hydrogen-bond donors (Lipinski definition) is 2. The van der Waals surface area contributed by atoms with E-state index in [1.54, 1.807) is 0 Å². The predicted molar refractivity (Wildman–Crippen MR) is 86.4 cm³/mol. The number of aryl methyl sites for hydroxylation is 2. The van der Waals surface area contributed by atoms with Crippen LogP contribution in [0, 0.1) is 13.8 Å². The van der Waals surface area contributed by atoms with Gasteiger partial charge in [0.2, 0.25) is 0 Å². The fourth-order valence-corrected chi connectivity index (χ4v) is 2.64. The van der Waals surface area contributed by atoms with Crippen LogP contribution in [0.2, 0.25) is 0 Å². The number of anilines is 1. The second kappa shape index (κ2) is 7.35. The summed E-state index contributed by atoms with van der Waals surface area (Å²) in [4.78, 5) is 3.23. The quantitative estimate of drug-likeness (QED) is 0.587. The van der Waals surface area contributed by atoms with Crippen LogP contribution in [0.3, 0.4) is 0 Å². The van der Waals surface area contributed by atoms with Crippen molar-refractivity contribution in [2.75, 3.05) is 5.09 Å². The highest BCUT2D eigenvalue weighted by molar-refractivity contribution is 7.48. The van der Waals surface area contributed by atoms with E-state index in [0.717, 1.165) is 19.9 Å². The molecule has 0 amide bonds. The Balaban J connectivity index is 1.74. The number of nitrogens with zero attached hydrogens (tertiary/aromatic N) is 1. The van der Waals surface area contributed by atoms with Crippen molar-refractivity contribution < 1.29 is 0 Å². The van der Waals surface area contributed by atoms with Crippen molar-refractivity contribution in [2.24, 2.45) is 4.74 Å². The normalized spacial score (nSPS) is 11.5. The van der Waals surface area contributed by atoms with Gasteiger partial charge < -0.3 is 5.09 Å². The van der Waals surface area contributed by atoms with Crippen molar-refractivity contribution in [2.45, 2.75) is 13.8 Å². The maximum absolute atomic E-state index is 4.42. The number of rotatable bonds is 5. The van der Waals surface area contributed by atoms with E-state index in [1.807, 2.05) is 12.1 Å². The van der Waals surface area contributed by atoms with Crippen LogP contribution in [-0.2, 0) is 0 Å². The van der Waals surface area contributed by atoms with E-state index in [1.165, 1.54) is 11.1 Å². The van der Waals surface area contributed by atoms with E-state index < -0.39 is 0 Å². The van der Waals surface area contributed by atoms with Gasteiger partial charge in [-0.2, -0.15) is 0 Å². The molecule has 5 heteroatoms. The first-order chi connectivity index (χ1) is 9.24. The van der Waals surface area contributed by atoms with E-state index >= 15 is 0 Å². The van der Waals surface area contributed by atoms with E-state index in [9.17, 15) is 0 Å². The van der Waals surface area contributed by atoms with Crippen LogP contribution in [0.15, 0.2) is 53.3 Å². The van der Waals surface area contributed by atoms with E-state index in [-0.39, 0.29) is 0 Å². The summed E-state index contributed by atoms with van der Waals surface area (Å²) in [6, 6.07) is 16.6. The highest BCUT2D eigenvalue weighted by Gasteiger charge is 1.90. The fourth-order valence-electron chi connectivity index (χ4n) is 1.46. The largest absolute Gasteiger partial charge is 0.354 e. The second-order valence-electron chi connectivity index (χ2n) is 4.26. The Kier molecular flexibility index (Phi) is 5.47. The van der Waals surface area contributed by atoms with Gasteiger partial charge >= 0.3 is 0 Å². The number of hydrogen-bond acceptors (Lipinski definition) is 2. The molecule has 2 N–H and O–H groups in total. The van der Waals surface area contributed by atoms with Crippen LogP contribution in [0.4, 0.5) is 11.4 Å². The molecule has 0 saturated carbocycles. The third-order valence-corrected chi connectivity index (χ3v) is 4.16. The molecular weight excluding hydrogens is 272 g/mol. The summed E-state index contributed by atoms with van der Waals surface area (Å²) in [5.41, 5.74) is 4.66. The van der Waals surface area contributed by atoms with Gasteiger partial charge in [0.15, 0.2) is 0 Å². The Morgan fingerprint density at radius 1 is 0.895 bits per heavy atom. The third-order valence-electron chi connectivity index (χ3n) is 2.56. The third kappa shape index (κ3) is 5.08. The van der Waals surface area contributed by atoms with Crippen LogP contribution < -0.4 is 9.95 Å². The monoisotopic (exact) mass is 289 g/mol. The number of benzene rings is 2. The second-order valence-corrected chi connectivity index (χ2v) is 6.06. The molecule has 0 fully saturated rings. The zero-order chi connectivity index (χ0) is 13.5. The highest BCUT2D eigenvalue weighted by atomic mass is 31.1. The first kappa shape index (κ1) is 14.1. The summed E-state index contributed by atoms with van der Waals surface area (Å²) in [7, 11) is 1.32. The molecule has 2 aromatic carbocycles. The minimum atomic E-state index is 0.450. The van der Waals surface area contributed by atoms with Gasteiger partial charge in [-0.3, -0.25) is 0 Å². The Bertz CT molecular complexity index is 536. The van der Waals surface area contributed by atoms with Gasteiger partial charge in [-0.15, -0.1) is 0 Å². The molecule has 0 heterocycles. The zero-order valence-electron chi connectivity index (χ0n) is 11.0. The standard InChI is InChI=1S/C14H17N3P2/c1-11-3-7-13(8-4-11)15-18-17-19-16-14-9-5-12(2)6-10-14/h3-10,15,18H,1-2H3,(H,16,17). The van der Waals surface area contributed by atoms with Crippen molar-refractivity contribution in [3.05, 3.63) is 59.7 Å². The average Bonchev–Trinajstić information content (AvgIpc) is 2.43. The summed E-state index contributed by atoms with van der Waals surface area (Å²) in [6.45, 7) is 4.16. The molecule has 3 nitrogen and oxygen atoms in total. The van der Waals surface area contributed by atoms with Gasteiger partial charge in [0, 0.05) is 5.69 Å². The Hall–Kier alpha value is -1.27.